The molecule has 0 spiro atoms. The molecule has 0 saturated heterocycles. The average molecular weight is 337 g/mol. The number of aldehydes is 1. The number of aromatic amines is 1. The molecule has 3 aromatic rings. The summed E-state index contributed by atoms with van der Waals surface area (Å²) in [6, 6.07) is 13.5. The van der Waals surface area contributed by atoms with Crippen molar-refractivity contribution in [2.45, 2.75) is 0 Å². The summed E-state index contributed by atoms with van der Waals surface area (Å²) < 4.78 is 16.3. The molecule has 0 fully saturated rings. The van der Waals surface area contributed by atoms with Crippen LogP contribution in [0.1, 0.15) is 10.4 Å². The maximum atomic E-state index is 11.7. The third kappa shape index (κ3) is 2.96. The fourth-order valence-corrected chi connectivity index (χ4v) is 2.92. The molecule has 0 radical (unpaired) electrons. The second-order valence-electron chi connectivity index (χ2n) is 5.39. The summed E-state index contributed by atoms with van der Waals surface area (Å²) in [5, 5.41) is 0. The lowest BCUT2D eigenvalue weighted by Gasteiger charge is -2.18. The fourth-order valence-electron chi connectivity index (χ4n) is 2.92. The summed E-state index contributed by atoms with van der Waals surface area (Å²) in [5.41, 5.74) is 4.00. The van der Waals surface area contributed by atoms with Crippen LogP contribution in [-0.2, 0) is 0 Å². The molecule has 1 N–H and O–H groups in total. The molecule has 128 valence electrons. The lowest BCUT2D eigenvalue weighted by Crippen LogP contribution is -2.00. The lowest BCUT2D eigenvalue weighted by atomic mass is 9.96. The van der Waals surface area contributed by atoms with Crippen molar-refractivity contribution < 1.29 is 19.0 Å². The Morgan fingerprint density at radius 2 is 1.64 bits per heavy atom. The van der Waals surface area contributed by atoms with Gasteiger partial charge in [-0.25, -0.2) is 0 Å². The minimum atomic E-state index is 0.450. The van der Waals surface area contributed by atoms with Gasteiger partial charge in [0.05, 0.1) is 21.3 Å². The van der Waals surface area contributed by atoms with Crippen molar-refractivity contribution >= 4 is 6.29 Å². The highest BCUT2D eigenvalue weighted by molar-refractivity contribution is 5.94. The van der Waals surface area contributed by atoms with Crippen molar-refractivity contribution in [2.24, 2.45) is 0 Å². The van der Waals surface area contributed by atoms with E-state index in [-0.39, 0.29) is 0 Å². The molecule has 5 heteroatoms. The summed E-state index contributed by atoms with van der Waals surface area (Å²) in [5.74, 6) is 1.37. The van der Waals surface area contributed by atoms with Gasteiger partial charge in [-0.1, -0.05) is 18.2 Å². The molecule has 3 rings (SSSR count). The molecular formula is C20H19NO4. The standard InChI is InChI=1S/C20H19NO4/c1-23-17-11-15(12-22)18(20(25-3)19(17)24-2)14-7-4-6-13(10-14)16-8-5-9-21-16/h4-12,21H,1-3H3. The lowest BCUT2D eigenvalue weighted by molar-refractivity contribution is 0.112. The van der Waals surface area contributed by atoms with Crippen LogP contribution in [-0.4, -0.2) is 32.6 Å². The average Bonchev–Trinajstić information content (AvgIpc) is 3.20. The van der Waals surface area contributed by atoms with Crippen LogP contribution in [0.3, 0.4) is 0 Å². The van der Waals surface area contributed by atoms with Gasteiger partial charge in [0.1, 0.15) is 0 Å². The van der Waals surface area contributed by atoms with Crippen LogP contribution in [0, 0.1) is 0 Å². The van der Waals surface area contributed by atoms with Crippen molar-refractivity contribution in [3.8, 4) is 39.6 Å². The molecule has 0 bridgehead atoms. The molecule has 0 atom stereocenters. The minimum absolute atomic E-state index is 0.450. The van der Waals surface area contributed by atoms with Crippen molar-refractivity contribution in [1.82, 2.24) is 4.98 Å². The topological polar surface area (TPSA) is 60.6 Å². The zero-order valence-corrected chi connectivity index (χ0v) is 14.3. The number of aromatic nitrogens is 1. The van der Waals surface area contributed by atoms with E-state index in [2.05, 4.69) is 4.98 Å². The summed E-state index contributed by atoms with van der Waals surface area (Å²) >= 11 is 0. The van der Waals surface area contributed by atoms with Crippen molar-refractivity contribution in [3.63, 3.8) is 0 Å². The van der Waals surface area contributed by atoms with E-state index in [0.717, 1.165) is 23.1 Å². The number of H-pyrrole nitrogens is 1. The predicted octanol–water partition coefficient (Wildman–Crippen LogP) is 4.19. The van der Waals surface area contributed by atoms with Gasteiger partial charge < -0.3 is 19.2 Å². The van der Waals surface area contributed by atoms with Gasteiger partial charge in [0.25, 0.3) is 0 Å². The fraction of sp³-hybridized carbons (Fsp3) is 0.150. The first-order valence-corrected chi connectivity index (χ1v) is 7.75. The molecule has 1 heterocycles. The van der Waals surface area contributed by atoms with Crippen molar-refractivity contribution in [3.05, 3.63) is 54.2 Å². The zero-order valence-electron chi connectivity index (χ0n) is 14.3. The maximum absolute atomic E-state index is 11.7. The molecular weight excluding hydrogens is 318 g/mol. The Kier molecular flexibility index (Phi) is 4.75. The van der Waals surface area contributed by atoms with E-state index in [0.29, 0.717) is 28.4 Å². The minimum Gasteiger partial charge on any atom is -0.493 e. The summed E-state index contributed by atoms with van der Waals surface area (Å²) in [6.45, 7) is 0. The first-order valence-electron chi connectivity index (χ1n) is 7.75. The molecule has 2 aromatic carbocycles. The predicted molar refractivity (Wildman–Crippen MR) is 96.7 cm³/mol. The van der Waals surface area contributed by atoms with Gasteiger partial charge in [-0.2, -0.15) is 0 Å². The number of carbonyl (C=O) groups excluding carboxylic acids is 1. The molecule has 0 amide bonds. The highest BCUT2D eigenvalue weighted by Crippen LogP contribution is 2.46. The summed E-state index contributed by atoms with van der Waals surface area (Å²) in [6.07, 6.45) is 2.66. The van der Waals surface area contributed by atoms with E-state index in [4.69, 9.17) is 14.2 Å². The van der Waals surface area contributed by atoms with Gasteiger partial charge in [0, 0.05) is 23.0 Å². The van der Waals surface area contributed by atoms with E-state index in [1.807, 2.05) is 42.6 Å². The van der Waals surface area contributed by atoms with E-state index >= 15 is 0 Å². The van der Waals surface area contributed by atoms with Crippen molar-refractivity contribution in [1.29, 1.82) is 0 Å². The third-order valence-electron chi connectivity index (χ3n) is 4.05. The summed E-state index contributed by atoms with van der Waals surface area (Å²) in [7, 11) is 4.61. The quantitative estimate of drug-likeness (QED) is 0.685. The number of nitrogens with one attached hydrogen (secondary N) is 1. The number of methoxy groups -OCH3 is 3. The van der Waals surface area contributed by atoms with Crippen LogP contribution >= 0.6 is 0 Å². The van der Waals surface area contributed by atoms with Crippen molar-refractivity contribution in [2.75, 3.05) is 21.3 Å². The van der Waals surface area contributed by atoms with Crippen LogP contribution in [0.2, 0.25) is 0 Å². The molecule has 0 aliphatic heterocycles. The zero-order chi connectivity index (χ0) is 17.8. The van der Waals surface area contributed by atoms with Gasteiger partial charge in [0.2, 0.25) is 5.75 Å². The van der Waals surface area contributed by atoms with Crippen LogP contribution in [0.4, 0.5) is 0 Å². The summed E-state index contributed by atoms with van der Waals surface area (Å²) in [4.78, 5) is 14.9. The number of benzene rings is 2. The van der Waals surface area contributed by atoms with E-state index < -0.39 is 0 Å². The van der Waals surface area contributed by atoms with Crippen LogP contribution in [0.25, 0.3) is 22.4 Å². The molecule has 0 saturated carbocycles. The van der Waals surface area contributed by atoms with Gasteiger partial charge in [-0.05, 0) is 35.4 Å². The number of ether oxygens (including phenoxy) is 3. The van der Waals surface area contributed by atoms with Gasteiger partial charge in [-0.3, -0.25) is 4.79 Å². The Balaban J connectivity index is 2.26. The first kappa shape index (κ1) is 16.6. The Hall–Kier alpha value is -3.21. The normalized spacial score (nSPS) is 10.4. The van der Waals surface area contributed by atoms with Crippen LogP contribution in [0.5, 0.6) is 17.2 Å². The molecule has 5 nitrogen and oxygen atoms in total. The second kappa shape index (κ2) is 7.13. The largest absolute Gasteiger partial charge is 0.493 e. The van der Waals surface area contributed by atoms with Gasteiger partial charge in [0.15, 0.2) is 17.8 Å². The molecule has 0 unspecified atom stereocenters. The molecule has 25 heavy (non-hydrogen) atoms. The Morgan fingerprint density at radius 3 is 2.24 bits per heavy atom. The monoisotopic (exact) mass is 337 g/mol. The number of hydrogen-bond donors (Lipinski definition) is 1. The number of hydrogen-bond acceptors (Lipinski definition) is 4. The van der Waals surface area contributed by atoms with Gasteiger partial charge >= 0.3 is 0 Å². The molecule has 1 aromatic heterocycles. The van der Waals surface area contributed by atoms with E-state index in [1.54, 1.807) is 20.3 Å². The van der Waals surface area contributed by atoms with E-state index in [1.165, 1.54) is 7.11 Å². The maximum Gasteiger partial charge on any atom is 0.203 e. The van der Waals surface area contributed by atoms with Crippen LogP contribution < -0.4 is 14.2 Å². The highest BCUT2D eigenvalue weighted by Gasteiger charge is 2.22. The SMILES string of the molecule is COc1cc(C=O)c(-c2cccc(-c3ccc[nH]3)c2)c(OC)c1OC. The van der Waals surface area contributed by atoms with Crippen LogP contribution in [0.15, 0.2) is 48.7 Å². The Bertz CT molecular complexity index is 885. The number of rotatable bonds is 6. The third-order valence-corrected chi connectivity index (χ3v) is 4.05. The molecule has 0 aliphatic carbocycles. The molecule has 0 aliphatic rings. The first-order chi connectivity index (χ1) is 12.2. The second-order valence-corrected chi connectivity index (χ2v) is 5.39. The Morgan fingerprint density at radius 1 is 0.880 bits per heavy atom. The number of carbonyl (C=O) groups is 1. The smallest absolute Gasteiger partial charge is 0.203 e. The van der Waals surface area contributed by atoms with E-state index in [9.17, 15) is 4.79 Å². The highest BCUT2D eigenvalue weighted by atomic mass is 16.5. The Labute approximate surface area is 146 Å². The van der Waals surface area contributed by atoms with Gasteiger partial charge in [-0.15, -0.1) is 0 Å².